The van der Waals surface area contributed by atoms with Crippen molar-refractivity contribution in [1.29, 1.82) is 0 Å². The minimum Gasteiger partial charge on any atom is -0.493 e. The molecule has 2 aliphatic rings. The summed E-state index contributed by atoms with van der Waals surface area (Å²) in [5.41, 5.74) is 0.980. The molecule has 3 rings (SSSR count). The molecular formula is C25H36N2O7. The van der Waals surface area contributed by atoms with Gasteiger partial charge in [0.05, 0.1) is 32.7 Å². The van der Waals surface area contributed by atoms with E-state index in [1.54, 1.807) is 30.9 Å². The summed E-state index contributed by atoms with van der Waals surface area (Å²) in [6.07, 6.45) is 2.08. The Morgan fingerprint density at radius 3 is 2.38 bits per heavy atom. The van der Waals surface area contributed by atoms with E-state index in [0.29, 0.717) is 50.7 Å². The number of ether oxygens (including phenoxy) is 4. The van der Waals surface area contributed by atoms with Crippen LogP contribution in [0.1, 0.15) is 37.7 Å². The summed E-state index contributed by atoms with van der Waals surface area (Å²) < 4.78 is 21.1. The fourth-order valence-corrected chi connectivity index (χ4v) is 4.93. The van der Waals surface area contributed by atoms with Gasteiger partial charge in [0.15, 0.2) is 11.5 Å². The Bertz CT molecular complexity index is 875. The second kappa shape index (κ2) is 12.1. The molecule has 1 aromatic carbocycles. The molecule has 1 aromatic rings. The Hall–Kier alpha value is -2.81. The van der Waals surface area contributed by atoms with Crippen LogP contribution in [-0.2, 0) is 23.9 Å². The minimum atomic E-state index is -0.367. The van der Waals surface area contributed by atoms with Crippen molar-refractivity contribution in [1.82, 2.24) is 9.80 Å². The van der Waals surface area contributed by atoms with E-state index in [0.717, 1.165) is 18.4 Å². The number of methoxy groups -OCH3 is 3. The molecule has 0 unspecified atom stereocenters. The zero-order chi connectivity index (χ0) is 24.7. The molecule has 0 bridgehead atoms. The highest BCUT2D eigenvalue weighted by molar-refractivity contribution is 5.83. The fourth-order valence-electron chi connectivity index (χ4n) is 4.93. The molecule has 0 aliphatic carbocycles. The summed E-state index contributed by atoms with van der Waals surface area (Å²) >= 11 is 0. The van der Waals surface area contributed by atoms with E-state index in [-0.39, 0.29) is 42.1 Å². The van der Waals surface area contributed by atoms with Crippen molar-refractivity contribution in [3.8, 4) is 11.5 Å². The summed E-state index contributed by atoms with van der Waals surface area (Å²) in [7, 11) is 4.65. The van der Waals surface area contributed by atoms with Crippen molar-refractivity contribution in [2.75, 3.05) is 60.7 Å². The first-order valence-electron chi connectivity index (χ1n) is 11.9. The monoisotopic (exact) mass is 476 g/mol. The first kappa shape index (κ1) is 25.8. The van der Waals surface area contributed by atoms with Crippen LogP contribution >= 0.6 is 0 Å². The third-order valence-electron chi connectivity index (χ3n) is 6.65. The standard InChI is InChI=1S/C25H36N2O7/c1-5-34-25(30)18-7-6-10-26(13-18)24(29)20-11-19(14-27(15-20)23(28)16-31-2)17-8-9-21(32-3)22(12-17)33-4/h8-9,12,18-20H,5-7,10-11,13-16H2,1-4H3/t18-,19-,20-/m1/s1. The van der Waals surface area contributed by atoms with Gasteiger partial charge in [-0.1, -0.05) is 6.07 Å². The summed E-state index contributed by atoms with van der Waals surface area (Å²) in [4.78, 5) is 42.0. The molecule has 2 heterocycles. The van der Waals surface area contributed by atoms with Crippen LogP contribution in [0.3, 0.4) is 0 Å². The van der Waals surface area contributed by atoms with Gasteiger partial charge in [0.25, 0.3) is 0 Å². The van der Waals surface area contributed by atoms with Gasteiger partial charge >= 0.3 is 5.97 Å². The SMILES string of the molecule is CCOC(=O)[C@@H]1CCCN(C(=O)[C@@H]2C[C@@H](c3ccc(OC)c(OC)c3)CN(C(=O)COC)C2)C1. The van der Waals surface area contributed by atoms with Gasteiger partial charge in [0.1, 0.15) is 6.61 Å². The summed E-state index contributed by atoms with van der Waals surface area (Å²) in [5.74, 6) is 0.111. The van der Waals surface area contributed by atoms with Gasteiger partial charge in [-0.15, -0.1) is 0 Å². The zero-order valence-electron chi connectivity index (χ0n) is 20.6. The molecule has 34 heavy (non-hydrogen) atoms. The van der Waals surface area contributed by atoms with Gasteiger partial charge in [0.2, 0.25) is 11.8 Å². The molecule has 0 saturated carbocycles. The lowest BCUT2D eigenvalue weighted by Gasteiger charge is -2.40. The molecule has 2 saturated heterocycles. The van der Waals surface area contributed by atoms with E-state index >= 15 is 0 Å². The Kier molecular flexibility index (Phi) is 9.15. The van der Waals surface area contributed by atoms with E-state index in [2.05, 4.69) is 0 Å². The third kappa shape index (κ3) is 6.00. The molecule has 3 atom stereocenters. The summed E-state index contributed by atoms with van der Waals surface area (Å²) in [6.45, 7) is 3.88. The average molecular weight is 477 g/mol. The van der Waals surface area contributed by atoms with Crippen LogP contribution in [0, 0.1) is 11.8 Å². The molecular weight excluding hydrogens is 440 g/mol. The number of amides is 2. The summed E-state index contributed by atoms with van der Waals surface area (Å²) in [6, 6.07) is 5.71. The quantitative estimate of drug-likeness (QED) is 0.530. The predicted octanol–water partition coefficient (Wildman–Crippen LogP) is 2.08. The number of benzene rings is 1. The number of likely N-dealkylation sites (tertiary alicyclic amines) is 2. The van der Waals surface area contributed by atoms with Crippen LogP contribution in [-0.4, -0.2) is 88.3 Å². The van der Waals surface area contributed by atoms with E-state index in [1.807, 2.05) is 18.2 Å². The smallest absolute Gasteiger partial charge is 0.310 e. The van der Waals surface area contributed by atoms with E-state index in [1.165, 1.54) is 7.11 Å². The molecule has 2 amide bonds. The van der Waals surface area contributed by atoms with Crippen molar-refractivity contribution in [3.05, 3.63) is 23.8 Å². The number of hydrogen-bond acceptors (Lipinski definition) is 7. The number of esters is 1. The van der Waals surface area contributed by atoms with Crippen molar-refractivity contribution in [3.63, 3.8) is 0 Å². The molecule has 9 heteroatoms. The topological polar surface area (TPSA) is 94.6 Å². The second-order valence-corrected chi connectivity index (χ2v) is 8.85. The lowest BCUT2D eigenvalue weighted by Crippen LogP contribution is -2.52. The van der Waals surface area contributed by atoms with E-state index in [4.69, 9.17) is 18.9 Å². The maximum Gasteiger partial charge on any atom is 0.310 e. The molecule has 9 nitrogen and oxygen atoms in total. The van der Waals surface area contributed by atoms with Gasteiger partial charge in [0, 0.05) is 39.2 Å². The van der Waals surface area contributed by atoms with Crippen LogP contribution in [0.5, 0.6) is 11.5 Å². The van der Waals surface area contributed by atoms with Gasteiger partial charge in [-0.05, 0) is 43.9 Å². The minimum absolute atomic E-state index is 0.0191. The van der Waals surface area contributed by atoms with Crippen LogP contribution in [0.25, 0.3) is 0 Å². The lowest BCUT2D eigenvalue weighted by molar-refractivity contribution is -0.152. The maximum absolute atomic E-state index is 13.6. The second-order valence-electron chi connectivity index (χ2n) is 8.85. The van der Waals surface area contributed by atoms with E-state index < -0.39 is 0 Å². The molecule has 188 valence electrons. The van der Waals surface area contributed by atoms with Gasteiger partial charge < -0.3 is 28.7 Å². The predicted molar refractivity (Wildman–Crippen MR) is 125 cm³/mol. The number of nitrogens with zero attached hydrogens (tertiary/aromatic N) is 2. The van der Waals surface area contributed by atoms with Gasteiger partial charge in [-0.2, -0.15) is 0 Å². The van der Waals surface area contributed by atoms with Gasteiger partial charge in [-0.3, -0.25) is 14.4 Å². The number of hydrogen-bond donors (Lipinski definition) is 0. The highest BCUT2D eigenvalue weighted by Crippen LogP contribution is 2.36. The van der Waals surface area contributed by atoms with Crippen LogP contribution in [0.4, 0.5) is 0 Å². The van der Waals surface area contributed by atoms with E-state index in [9.17, 15) is 14.4 Å². The van der Waals surface area contributed by atoms with Crippen LogP contribution in [0.15, 0.2) is 18.2 Å². The molecule has 2 aliphatic heterocycles. The third-order valence-corrected chi connectivity index (χ3v) is 6.65. The Balaban J connectivity index is 1.81. The molecule has 0 spiro atoms. The number of piperidine rings is 2. The number of carbonyl (C=O) groups excluding carboxylic acids is 3. The largest absolute Gasteiger partial charge is 0.493 e. The summed E-state index contributed by atoms with van der Waals surface area (Å²) in [5, 5.41) is 0. The molecule has 0 radical (unpaired) electrons. The highest BCUT2D eigenvalue weighted by Gasteiger charge is 2.38. The maximum atomic E-state index is 13.6. The first-order valence-corrected chi connectivity index (χ1v) is 11.9. The molecule has 0 N–H and O–H groups in total. The van der Waals surface area contributed by atoms with Crippen molar-refractivity contribution >= 4 is 17.8 Å². The molecule has 0 aromatic heterocycles. The fraction of sp³-hybridized carbons (Fsp3) is 0.640. The average Bonchev–Trinajstić information content (AvgIpc) is 2.87. The normalized spacial score (nSPS) is 22.8. The zero-order valence-corrected chi connectivity index (χ0v) is 20.6. The number of rotatable bonds is 8. The van der Waals surface area contributed by atoms with Crippen molar-refractivity contribution in [2.24, 2.45) is 11.8 Å². The Labute approximate surface area is 201 Å². The van der Waals surface area contributed by atoms with Gasteiger partial charge in [-0.25, -0.2) is 0 Å². The van der Waals surface area contributed by atoms with Crippen LogP contribution < -0.4 is 9.47 Å². The highest BCUT2D eigenvalue weighted by atomic mass is 16.5. The Morgan fingerprint density at radius 1 is 0.971 bits per heavy atom. The first-order chi connectivity index (χ1) is 16.4. The van der Waals surface area contributed by atoms with Crippen molar-refractivity contribution < 1.29 is 33.3 Å². The Morgan fingerprint density at radius 2 is 1.71 bits per heavy atom. The van der Waals surface area contributed by atoms with Crippen LogP contribution in [0.2, 0.25) is 0 Å². The van der Waals surface area contributed by atoms with Crippen molar-refractivity contribution in [2.45, 2.75) is 32.1 Å². The lowest BCUT2D eigenvalue weighted by atomic mass is 9.83. The number of carbonyl (C=O) groups is 3. The molecule has 2 fully saturated rings.